The second-order valence-corrected chi connectivity index (χ2v) is 10.2. The van der Waals surface area contributed by atoms with E-state index in [-0.39, 0.29) is 39.4 Å². The number of nitrogens with zero attached hydrogens (tertiary/aromatic N) is 6. The highest BCUT2D eigenvalue weighted by Gasteiger charge is 2.27. The zero-order valence-electron chi connectivity index (χ0n) is 23.0. The van der Waals surface area contributed by atoms with Crippen molar-refractivity contribution < 1.29 is 31.0 Å². The maximum atomic E-state index is 15.2. The second kappa shape index (κ2) is 11.8. The number of fused-ring (bicyclic) bond motifs is 2. The van der Waals surface area contributed by atoms with Crippen LogP contribution in [-0.4, -0.2) is 53.9 Å². The number of hydrogen-bond acceptors (Lipinski definition) is 9. The van der Waals surface area contributed by atoms with Gasteiger partial charge in [-0.1, -0.05) is 30.3 Å². The molecule has 0 bridgehead atoms. The van der Waals surface area contributed by atoms with Gasteiger partial charge in [0, 0.05) is 5.56 Å². The first kappa shape index (κ1) is 30.1. The zero-order chi connectivity index (χ0) is 31.8. The van der Waals surface area contributed by atoms with Crippen LogP contribution >= 0.6 is 0 Å². The minimum Gasteiger partial charge on any atom is -0.494 e. The maximum absolute atomic E-state index is 15.2. The third-order valence-electron chi connectivity index (χ3n) is 6.60. The molecule has 0 fully saturated rings. The molecule has 4 N–H and O–H groups in total. The Morgan fingerprint density at radius 3 is 2.30 bits per heavy atom. The molecular formula is C28H23F2N7O6S. The van der Waals surface area contributed by atoms with Gasteiger partial charge in [-0.2, -0.15) is 17.9 Å². The Morgan fingerprint density at radius 1 is 0.955 bits per heavy atom. The molecule has 13 nitrogen and oxygen atoms in total. The van der Waals surface area contributed by atoms with Crippen LogP contribution in [0.2, 0.25) is 0 Å². The molecule has 0 saturated carbocycles. The van der Waals surface area contributed by atoms with Crippen molar-refractivity contribution in [3.63, 3.8) is 0 Å². The largest absolute Gasteiger partial charge is 0.494 e. The molecular weight excluding hydrogens is 600 g/mol. The monoisotopic (exact) mass is 623 g/mol. The van der Waals surface area contributed by atoms with Crippen molar-refractivity contribution in [1.82, 2.24) is 29.3 Å². The molecule has 0 spiro atoms. The van der Waals surface area contributed by atoms with Gasteiger partial charge < -0.3 is 10.5 Å². The third-order valence-corrected chi connectivity index (χ3v) is 6.60. The van der Waals surface area contributed by atoms with E-state index in [0.29, 0.717) is 22.4 Å². The van der Waals surface area contributed by atoms with Gasteiger partial charge in [-0.05, 0) is 43.3 Å². The van der Waals surface area contributed by atoms with Crippen molar-refractivity contribution in [2.75, 3.05) is 12.8 Å². The molecule has 3 aromatic heterocycles. The van der Waals surface area contributed by atoms with Crippen molar-refractivity contribution in [2.24, 2.45) is 0 Å². The van der Waals surface area contributed by atoms with Gasteiger partial charge in [0.1, 0.15) is 29.7 Å². The predicted molar refractivity (Wildman–Crippen MR) is 157 cm³/mol. The van der Waals surface area contributed by atoms with Crippen molar-refractivity contribution in [1.29, 1.82) is 0 Å². The highest BCUT2D eigenvalue weighted by Crippen LogP contribution is 2.36. The molecule has 0 radical (unpaired) electrons. The number of methoxy groups -OCH3 is 1. The first-order chi connectivity index (χ1) is 20.9. The summed E-state index contributed by atoms with van der Waals surface area (Å²) in [6.45, 7) is 1.79. The summed E-state index contributed by atoms with van der Waals surface area (Å²) in [6.07, 6.45) is 1.26. The number of hydrogen-bond donors (Lipinski definition) is 3. The van der Waals surface area contributed by atoms with E-state index in [1.54, 1.807) is 43.3 Å². The van der Waals surface area contributed by atoms with Crippen molar-refractivity contribution in [3.8, 4) is 22.7 Å². The standard InChI is InChI=1S/C28H21F2N7O2.H2O4S/c1-15(26-34-19-11-7-6-10-17(19)28(38)36(26)16-8-4-3-5-9-16)37-27-21(25(31)32-14-33-27)24(35-37)18-12-13-20(39-2)23(30)22(18)29;1-5(2,3)4/h3-15H,1-2H3,(H2,31,32,33);(H2,1,2,3,4)/t15-;/m0./s1. The number of benzene rings is 3. The summed E-state index contributed by atoms with van der Waals surface area (Å²) in [5.41, 5.74) is 7.22. The van der Waals surface area contributed by atoms with Crippen LogP contribution in [0.5, 0.6) is 5.75 Å². The predicted octanol–water partition coefficient (Wildman–Crippen LogP) is 4.02. The Balaban J connectivity index is 0.000000712. The van der Waals surface area contributed by atoms with E-state index in [0.717, 1.165) is 0 Å². The summed E-state index contributed by atoms with van der Waals surface area (Å²) in [5, 5.41) is 5.32. The molecule has 226 valence electrons. The molecule has 0 aliphatic heterocycles. The Hall–Kier alpha value is -5.32. The Bertz CT molecular complexity index is 2180. The lowest BCUT2D eigenvalue weighted by Gasteiger charge is -2.19. The minimum absolute atomic E-state index is 0.0380. The number of para-hydroxylation sites is 2. The van der Waals surface area contributed by atoms with Gasteiger partial charge in [-0.15, -0.1) is 0 Å². The number of ether oxygens (including phenoxy) is 1. The van der Waals surface area contributed by atoms with Crippen LogP contribution in [0.4, 0.5) is 14.6 Å². The summed E-state index contributed by atoms with van der Waals surface area (Å²) < 4.78 is 69.3. The molecule has 6 aromatic rings. The van der Waals surface area contributed by atoms with Gasteiger partial charge in [-0.25, -0.2) is 24.0 Å². The van der Waals surface area contributed by atoms with Crippen LogP contribution in [0.1, 0.15) is 18.8 Å². The van der Waals surface area contributed by atoms with Crippen LogP contribution < -0.4 is 16.0 Å². The number of aromatic nitrogens is 6. The van der Waals surface area contributed by atoms with E-state index < -0.39 is 28.1 Å². The summed E-state index contributed by atoms with van der Waals surface area (Å²) in [7, 11) is -3.42. The topological polar surface area (TPSA) is 188 Å². The molecule has 44 heavy (non-hydrogen) atoms. The van der Waals surface area contributed by atoms with Crippen LogP contribution in [0.15, 0.2) is 77.9 Å². The Morgan fingerprint density at radius 2 is 1.61 bits per heavy atom. The highest BCUT2D eigenvalue weighted by atomic mass is 32.3. The number of nitrogen functional groups attached to an aromatic ring is 1. The fraction of sp³-hybridized carbons (Fsp3) is 0.107. The van der Waals surface area contributed by atoms with E-state index >= 15 is 4.39 Å². The molecule has 3 heterocycles. The minimum atomic E-state index is -4.67. The zero-order valence-corrected chi connectivity index (χ0v) is 23.8. The maximum Gasteiger partial charge on any atom is 0.394 e. The smallest absolute Gasteiger partial charge is 0.394 e. The highest BCUT2D eigenvalue weighted by molar-refractivity contribution is 7.79. The van der Waals surface area contributed by atoms with Crippen LogP contribution in [0.25, 0.3) is 38.9 Å². The van der Waals surface area contributed by atoms with Crippen LogP contribution in [0, 0.1) is 11.6 Å². The third kappa shape index (κ3) is 5.68. The molecule has 1 atom stereocenters. The molecule has 0 saturated heterocycles. The Kier molecular flexibility index (Phi) is 8.05. The van der Waals surface area contributed by atoms with E-state index in [9.17, 15) is 9.18 Å². The van der Waals surface area contributed by atoms with Crippen molar-refractivity contribution in [2.45, 2.75) is 13.0 Å². The molecule has 0 amide bonds. The summed E-state index contributed by atoms with van der Waals surface area (Å²) in [6, 6.07) is 18.1. The average Bonchev–Trinajstić information content (AvgIpc) is 3.38. The van der Waals surface area contributed by atoms with E-state index in [4.69, 9.17) is 33.0 Å². The lowest BCUT2D eigenvalue weighted by Crippen LogP contribution is -2.27. The first-order valence-corrected chi connectivity index (χ1v) is 14.1. The number of anilines is 1. The fourth-order valence-corrected chi connectivity index (χ4v) is 4.69. The fourth-order valence-electron chi connectivity index (χ4n) is 4.69. The number of rotatable bonds is 5. The summed E-state index contributed by atoms with van der Waals surface area (Å²) >= 11 is 0. The Labute approximate surface area is 247 Å². The number of halogens is 2. The van der Waals surface area contributed by atoms with Gasteiger partial charge in [0.15, 0.2) is 17.2 Å². The summed E-state index contributed by atoms with van der Waals surface area (Å²) in [5.74, 6) is -2.16. The van der Waals surface area contributed by atoms with Gasteiger partial charge in [0.05, 0.1) is 29.1 Å². The average molecular weight is 624 g/mol. The van der Waals surface area contributed by atoms with Crippen LogP contribution in [0.3, 0.4) is 0 Å². The molecule has 0 aliphatic carbocycles. The lowest BCUT2D eigenvalue weighted by molar-refractivity contribution is 0.372. The van der Waals surface area contributed by atoms with Gasteiger partial charge in [0.2, 0.25) is 5.82 Å². The molecule has 0 unspecified atom stereocenters. The van der Waals surface area contributed by atoms with Crippen molar-refractivity contribution in [3.05, 3.63) is 101 Å². The normalized spacial score (nSPS) is 12.1. The van der Waals surface area contributed by atoms with Crippen molar-refractivity contribution >= 4 is 38.2 Å². The molecule has 0 aliphatic rings. The first-order valence-electron chi connectivity index (χ1n) is 12.7. The second-order valence-electron chi connectivity index (χ2n) is 9.28. The molecule has 6 rings (SSSR count). The van der Waals surface area contributed by atoms with E-state index in [2.05, 4.69) is 15.1 Å². The van der Waals surface area contributed by atoms with Gasteiger partial charge in [-0.3, -0.25) is 18.5 Å². The number of nitrogens with two attached hydrogens (primary N) is 1. The lowest BCUT2D eigenvalue weighted by atomic mass is 10.1. The summed E-state index contributed by atoms with van der Waals surface area (Å²) in [4.78, 5) is 27.0. The SMILES string of the molecule is COc1ccc(-c2nn([C@@H](C)c3nc4ccccc4c(=O)n3-c3ccccc3)c3ncnc(N)c23)c(F)c1F.O=S(=O)(O)O. The van der Waals surface area contributed by atoms with Gasteiger partial charge >= 0.3 is 10.4 Å². The van der Waals surface area contributed by atoms with Crippen LogP contribution in [-0.2, 0) is 10.4 Å². The quantitative estimate of drug-likeness (QED) is 0.235. The van der Waals surface area contributed by atoms with E-state index in [1.807, 2.05) is 18.2 Å². The van der Waals surface area contributed by atoms with E-state index in [1.165, 1.54) is 34.8 Å². The molecule has 16 heteroatoms. The van der Waals surface area contributed by atoms with Gasteiger partial charge in [0.25, 0.3) is 5.56 Å². The molecule has 3 aromatic carbocycles.